The zero-order chi connectivity index (χ0) is 8.43. The number of carbonyl (C=O) groups is 1. The van der Waals surface area contributed by atoms with Crippen LogP contribution >= 0.6 is 22.6 Å². The molecule has 0 fully saturated rings. The van der Waals surface area contributed by atoms with Gasteiger partial charge in [0.25, 0.3) is 0 Å². The number of aliphatic imine (C=N–C) groups is 2. The quantitative estimate of drug-likeness (QED) is 0.482. The number of amidine groups is 1. The topological polar surface area (TPSA) is 41.8 Å². The maximum absolute atomic E-state index is 11.2. The molecule has 1 atom stereocenters. The molecule has 1 aliphatic rings. The average molecular weight is 264 g/mol. The van der Waals surface area contributed by atoms with Crippen LogP contribution in [-0.2, 0) is 4.79 Å². The van der Waals surface area contributed by atoms with Crippen LogP contribution in [0.5, 0.6) is 0 Å². The van der Waals surface area contributed by atoms with Crippen LogP contribution in [0.1, 0.15) is 13.8 Å². The van der Waals surface area contributed by atoms with Crippen LogP contribution in [0.2, 0.25) is 0 Å². The molecule has 0 aromatic heterocycles. The summed E-state index contributed by atoms with van der Waals surface area (Å²) in [4.78, 5) is 19.3. The molecule has 0 radical (unpaired) electrons. The zero-order valence-electron chi connectivity index (χ0n) is 6.47. The first-order valence-electron chi connectivity index (χ1n) is 3.39. The van der Waals surface area contributed by atoms with Gasteiger partial charge in [-0.3, -0.25) is 9.79 Å². The summed E-state index contributed by atoms with van der Waals surface area (Å²) in [7, 11) is 0. The Bertz CT molecular complexity index is 245. The van der Waals surface area contributed by atoms with E-state index >= 15 is 0 Å². The van der Waals surface area contributed by atoms with Crippen molar-refractivity contribution in [1.82, 2.24) is 0 Å². The third kappa shape index (κ3) is 2.08. The number of rotatable bonds is 0. The fraction of sp³-hybridized carbons (Fsp3) is 0.571. The van der Waals surface area contributed by atoms with E-state index in [2.05, 4.69) is 9.98 Å². The molecular formula is C7H9IN2O. The number of halogens is 1. The minimum atomic E-state index is -0.0639. The smallest absolute Gasteiger partial charge is 0.186 e. The minimum Gasteiger partial charge on any atom is -0.297 e. The predicted octanol–water partition coefficient (Wildman–Crippen LogP) is 1.46. The van der Waals surface area contributed by atoms with Crippen molar-refractivity contribution < 1.29 is 4.79 Å². The summed E-state index contributed by atoms with van der Waals surface area (Å²) in [6.45, 7) is 4.01. The largest absolute Gasteiger partial charge is 0.297 e. The van der Waals surface area contributed by atoms with Crippen molar-refractivity contribution in [2.75, 3.05) is 6.54 Å². The number of nitrogens with zero attached hydrogens (tertiary/aromatic N) is 2. The molecule has 1 heterocycles. The number of carbonyl (C=O) groups excluding carboxylic acids is 1. The molecule has 4 heteroatoms. The molecule has 1 unspecified atom stereocenters. The van der Waals surface area contributed by atoms with E-state index in [9.17, 15) is 4.79 Å². The first-order chi connectivity index (χ1) is 5.11. The first kappa shape index (κ1) is 8.83. The lowest BCUT2D eigenvalue weighted by atomic mass is 10.0. The van der Waals surface area contributed by atoms with Gasteiger partial charge < -0.3 is 0 Å². The Kier molecular flexibility index (Phi) is 2.75. The molecular weight excluding hydrogens is 255 g/mol. The summed E-state index contributed by atoms with van der Waals surface area (Å²) in [5, 5.41) is 0. The van der Waals surface area contributed by atoms with Crippen molar-refractivity contribution in [3.05, 3.63) is 0 Å². The standard InChI is InChI=1S/C7H9IN2O/c1-4-5(2)10-7(8)9-3-6(4)11/h4H,3H2,1-2H3. The average Bonchev–Trinajstić information content (AvgIpc) is 2.05. The Balaban J connectivity index is 2.93. The highest BCUT2D eigenvalue weighted by molar-refractivity contribution is 14.1. The third-order valence-corrected chi connectivity index (χ3v) is 2.33. The number of hydrogen-bond donors (Lipinski definition) is 0. The van der Waals surface area contributed by atoms with Crippen LogP contribution in [0, 0.1) is 5.92 Å². The Labute approximate surface area is 79.1 Å². The van der Waals surface area contributed by atoms with E-state index < -0.39 is 0 Å². The van der Waals surface area contributed by atoms with Crippen LogP contribution in [0.3, 0.4) is 0 Å². The Hall–Kier alpha value is -0.260. The van der Waals surface area contributed by atoms with E-state index in [1.165, 1.54) is 0 Å². The van der Waals surface area contributed by atoms with Crippen molar-refractivity contribution in [3.63, 3.8) is 0 Å². The molecule has 1 aliphatic heterocycles. The predicted molar refractivity (Wildman–Crippen MR) is 53.6 cm³/mol. The van der Waals surface area contributed by atoms with Gasteiger partial charge in [-0.2, -0.15) is 0 Å². The van der Waals surface area contributed by atoms with Gasteiger partial charge in [0.15, 0.2) is 9.63 Å². The van der Waals surface area contributed by atoms with E-state index in [1.54, 1.807) is 0 Å². The van der Waals surface area contributed by atoms with Crippen LogP contribution in [0.15, 0.2) is 9.98 Å². The highest BCUT2D eigenvalue weighted by Gasteiger charge is 2.18. The lowest BCUT2D eigenvalue weighted by Crippen LogP contribution is -2.19. The second-order valence-electron chi connectivity index (χ2n) is 2.53. The fourth-order valence-electron chi connectivity index (χ4n) is 0.791. The molecule has 0 N–H and O–H groups in total. The highest BCUT2D eigenvalue weighted by atomic mass is 127. The highest BCUT2D eigenvalue weighted by Crippen LogP contribution is 2.08. The fourth-order valence-corrected chi connectivity index (χ4v) is 1.34. The zero-order valence-corrected chi connectivity index (χ0v) is 8.62. The van der Waals surface area contributed by atoms with Crippen molar-refractivity contribution in [2.45, 2.75) is 13.8 Å². The van der Waals surface area contributed by atoms with Crippen LogP contribution in [0.25, 0.3) is 0 Å². The Morgan fingerprint density at radius 1 is 1.64 bits per heavy atom. The van der Waals surface area contributed by atoms with Gasteiger partial charge >= 0.3 is 0 Å². The van der Waals surface area contributed by atoms with Gasteiger partial charge in [-0.15, -0.1) is 0 Å². The van der Waals surface area contributed by atoms with Gasteiger partial charge in [-0.1, -0.05) is 6.92 Å². The number of hydrogen-bond acceptors (Lipinski definition) is 3. The van der Waals surface area contributed by atoms with E-state index in [0.29, 0.717) is 3.84 Å². The van der Waals surface area contributed by atoms with E-state index in [0.717, 1.165) is 5.71 Å². The molecule has 0 bridgehead atoms. The molecule has 3 nitrogen and oxygen atoms in total. The summed E-state index contributed by atoms with van der Waals surface area (Å²) in [5.74, 6) is 0.0870. The van der Waals surface area contributed by atoms with E-state index in [-0.39, 0.29) is 18.2 Å². The summed E-state index contributed by atoms with van der Waals surface area (Å²) in [6, 6.07) is 0. The van der Waals surface area contributed by atoms with Gasteiger partial charge in [-0.25, -0.2) is 4.99 Å². The normalized spacial score (nSPS) is 25.7. The second-order valence-corrected chi connectivity index (χ2v) is 3.49. The molecule has 0 saturated carbocycles. The van der Waals surface area contributed by atoms with Gasteiger partial charge in [0.1, 0.15) is 6.54 Å². The second kappa shape index (κ2) is 3.42. The lowest BCUT2D eigenvalue weighted by Gasteiger charge is -2.03. The molecule has 0 aromatic carbocycles. The van der Waals surface area contributed by atoms with Crippen LogP contribution < -0.4 is 0 Å². The number of Topliss-reactive ketones (excluding diaryl/α,β-unsaturated/α-hetero) is 1. The van der Waals surface area contributed by atoms with Crippen LogP contribution in [0.4, 0.5) is 0 Å². The molecule has 1 rings (SSSR count). The lowest BCUT2D eigenvalue weighted by molar-refractivity contribution is -0.119. The third-order valence-electron chi connectivity index (χ3n) is 1.74. The Morgan fingerprint density at radius 2 is 2.27 bits per heavy atom. The maximum atomic E-state index is 11.2. The maximum Gasteiger partial charge on any atom is 0.186 e. The monoisotopic (exact) mass is 264 g/mol. The molecule has 11 heavy (non-hydrogen) atoms. The Morgan fingerprint density at radius 3 is 2.91 bits per heavy atom. The SMILES string of the molecule is CC1=NC(I)=NCC(=O)C1C. The molecule has 0 spiro atoms. The molecule has 0 aliphatic carbocycles. The van der Waals surface area contributed by atoms with Gasteiger partial charge in [-0.05, 0) is 6.92 Å². The molecule has 0 saturated heterocycles. The van der Waals surface area contributed by atoms with Crippen molar-refractivity contribution in [3.8, 4) is 0 Å². The first-order valence-corrected chi connectivity index (χ1v) is 4.47. The van der Waals surface area contributed by atoms with Crippen molar-refractivity contribution >= 4 is 37.9 Å². The summed E-state index contributed by atoms with van der Waals surface area (Å²) < 4.78 is 0.679. The molecule has 0 amide bonds. The van der Waals surface area contributed by atoms with E-state index in [1.807, 2.05) is 36.4 Å². The van der Waals surface area contributed by atoms with Crippen molar-refractivity contribution in [1.29, 1.82) is 0 Å². The molecule has 60 valence electrons. The van der Waals surface area contributed by atoms with Gasteiger partial charge in [0.05, 0.1) is 5.92 Å². The summed E-state index contributed by atoms with van der Waals surface area (Å²) in [5.41, 5.74) is 0.862. The van der Waals surface area contributed by atoms with Crippen LogP contribution in [-0.4, -0.2) is 21.9 Å². The summed E-state index contributed by atoms with van der Waals surface area (Å²) >= 11 is 2.03. The minimum absolute atomic E-state index is 0.0639. The van der Waals surface area contributed by atoms with Gasteiger partial charge in [0, 0.05) is 28.3 Å². The molecule has 0 aromatic rings. The van der Waals surface area contributed by atoms with Crippen molar-refractivity contribution in [2.24, 2.45) is 15.9 Å². The van der Waals surface area contributed by atoms with Gasteiger partial charge in [0.2, 0.25) is 0 Å². The summed E-state index contributed by atoms with van der Waals surface area (Å²) in [6.07, 6.45) is 0. The number of ketones is 1. The van der Waals surface area contributed by atoms with E-state index in [4.69, 9.17) is 0 Å².